The molecular formula is C19H28FN5O3S. The summed E-state index contributed by atoms with van der Waals surface area (Å²) in [6, 6.07) is 8.13. The number of rotatable bonds is 9. The number of alkyl halides is 1. The lowest BCUT2D eigenvalue weighted by Gasteiger charge is -2.26. The number of halogens is 1. The summed E-state index contributed by atoms with van der Waals surface area (Å²) in [6.07, 6.45) is 4.51. The molecule has 2 heterocycles. The molecule has 8 nitrogen and oxygen atoms in total. The summed E-state index contributed by atoms with van der Waals surface area (Å²) in [7, 11) is -3.88. The predicted molar refractivity (Wildman–Crippen MR) is 111 cm³/mol. The van der Waals surface area contributed by atoms with Gasteiger partial charge in [-0.25, -0.2) is 4.39 Å². The van der Waals surface area contributed by atoms with Gasteiger partial charge in [-0.2, -0.15) is 8.42 Å². The first kappa shape index (κ1) is 21.5. The van der Waals surface area contributed by atoms with Gasteiger partial charge in [-0.1, -0.05) is 18.6 Å². The van der Waals surface area contributed by atoms with Crippen LogP contribution in [0.1, 0.15) is 31.2 Å². The lowest BCUT2D eigenvalue weighted by Crippen LogP contribution is -2.39. The van der Waals surface area contributed by atoms with Gasteiger partial charge < -0.3 is 15.4 Å². The Morgan fingerprint density at radius 2 is 1.79 bits per heavy atom. The first-order chi connectivity index (χ1) is 14.1. The Bertz CT molecular complexity index is 838. The molecule has 0 spiro atoms. The molecule has 29 heavy (non-hydrogen) atoms. The Balaban J connectivity index is 1.40. The summed E-state index contributed by atoms with van der Waals surface area (Å²) in [5.74, 6) is 0.989. The van der Waals surface area contributed by atoms with E-state index in [0.29, 0.717) is 19.6 Å². The van der Waals surface area contributed by atoms with Gasteiger partial charge in [0.15, 0.2) is 11.7 Å². The van der Waals surface area contributed by atoms with Gasteiger partial charge >= 0.3 is 10.2 Å². The van der Waals surface area contributed by atoms with Gasteiger partial charge in [0.25, 0.3) is 0 Å². The quantitative estimate of drug-likeness (QED) is 0.584. The van der Waals surface area contributed by atoms with Gasteiger partial charge in [-0.3, -0.25) is 4.90 Å². The summed E-state index contributed by atoms with van der Waals surface area (Å²) in [6.45, 7) is 3.54. The van der Waals surface area contributed by atoms with Crippen molar-refractivity contribution >= 4 is 21.9 Å². The lowest BCUT2D eigenvalue weighted by atomic mass is 10.1. The van der Waals surface area contributed by atoms with E-state index in [4.69, 9.17) is 4.74 Å². The van der Waals surface area contributed by atoms with Gasteiger partial charge in [-0.15, -0.1) is 8.80 Å². The van der Waals surface area contributed by atoms with Gasteiger partial charge in [0.05, 0.1) is 6.61 Å². The zero-order chi connectivity index (χ0) is 20.5. The third kappa shape index (κ3) is 6.97. The van der Waals surface area contributed by atoms with Gasteiger partial charge in [0.1, 0.15) is 12.4 Å². The van der Waals surface area contributed by atoms with Crippen LogP contribution < -0.4 is 15.4 Å². The van der Waals surface area contributed by atoms with Crippen LogP contribution in [0, 0.1) is 0 Å². The van der Waals surface area contributed by atoms with Crippen molar-refractivity contribution in [3.63, 3.8) is 0 Å². The van der Waals surface area contributed by atoms with E-state index in [1.165, 1.54) is 24.8 Å². The highest BCUT2D eigenvalue weighted by Gasteiger charge is 2.23. The largest absolute Gasteiger partial charge is 0.494 e. The summed E-state index contributed by atoms with van der Waals surface area (Å²) < 4.78 is 48.1. The Morgan fingerprint density at radius 3 is 2.52 bits per heavy atom. The van der Waals surface area contributed by atoms with Crippen LogP contribution in [-0.4, -0.2) is 64.4 Å². The van der Waals surface area contributed by atoms with E-state index in [0.717, 1.165) is 25.4 Å². The average molecular weight is 426 g/mol. The van der Waals surface area contributed by atoms with E-state index in [-0.39, 0.29) is 18.2 Å². The zero-order valence-electron chi connectivity index (χ0n) is 16.4. The highest BCUT2D eigenvalue weighted by Crippen LogP contribution is 2.17. The van der Waals surface area contributed by atoms with Gasteiger partial charge in [-0.05, 0) is 50.0 Å². The molecule has 160 valence electrons. The van der Waals surface area contributed by atoms with Crippen molar-refractivity contribution in [2.75, 3.05) is 39.5 Å². The lowest BCUT2D eigenvalue weighted by molar-refractivity contribution is 0.220. The number of likely N-dealkylation sites (tertiary alicyclic amines) is 1. The van der Waals surface area contributed by atoms with Crippen molar-refractivity contribution in [1.82, 2.24) is 15.5 Å². The molecule has 0 unspecified atom stereocenters. The minimum absolute atomic E-state index is 0.0219. The first-order valence-corrected chi connectivity index (χ1v) is 11.4. The number of benzene rings is 1. The summed E-state index contributed by atoms with van der Waals surface area (Å²) >= 11 is 0. The summed E-state index contributed by atoms with van der Waals surface area (Å²) in [5, 5.41) is 5.53. The van der Waals surface area contributed by atoms with E-state index in [1.54, 1.807) is 0 Å². The van der Waals surface area contributed by atoms with Crippen molar-refractivity contribution in [2.45, 2.75) is 32.2 Å². The molecule has 0 bridgehead atoms. The third-order valence-corrected chi connectivity index (χ3v) is 5.49. The van der Waals surface area contributed by atoms with Crippen molar-refractivity contribution < 1.29 is 17.5 Å². The van der Waals surface area contributed by atoms with Crippen LogP contribution in [0.4, 0.5) is 4.39 Å². The van der Waals surface area contributed by atoms with Crippen LogP contribution in [0.25, 0.3) is 0 Å². The minimum Gasteiger partial charge on any atom is -0.494 e. The molecule has 1 aromatic rings. The van der Waals surface area contributed by atoms with Crippen molar-refractivity contribution in [3.05, 3.63) is 29.8 Å². The second-order valence-corrected chi connectivity index (χ2v) is 8.32. The van der Waals surface area contributed by atoms with E-state index in [2.05, 4.69) is 36.5 Å². The standard InChI is InChI=1S/C19H28FN5O3S/c20-8-10-22-19-18(23-29(26,27)24-19)21-9-5-13-28-17-7-4-6-16(14-17)15-25-11-2-1-3-12-25/h4,6-7,14H,1-3,5,8-13,15H2,(H,21,23)(H,22,24). The maximum absolute atomic E-state index is 12.3. The number of nitrogens with one attached hydrogen (secondary N) is 2. The second-order valence-electron chi connectivity index (χ2n) is 7.06. The molecule has 1 fully saturated rings. The maximum Gasteiger partial charge on any atom is 0.367 e. The number of nitrogens with zero attached hydrogens (tertiary/aromatic N) is 3. The monoisotopic (exact) mass is 425 g/mol. The molecule has 1 aromatic carbocycles. The molecule has 0 radical (unpaired) electrons. The van der Waals surface area contributed by atoms with Crippen LogP contribution >= 0.6 is 0 Å². The molecular weight excluding hydrogens is 397 g/mol. The summed E-state index contributed by atoms with van der Waals surface area (Å²) in [4.78, 5) is 2.47. The molecule has 2 aliphatic heterocycles. The molecule has 0 saturated carbocycles. The topological polar surface area (TPSA) is 95.4 Å². The number of hydrogen-bond acceptors (Lipinski definition) is 6. The smallest absolute Gasteiger partial charge is 0.367 e. The van der Waals surface area contributed by atoms with Crippen LogP contribution in [-0.2, 0) is 16.8 Å². The van der Waals surface area contributed by atoms with E-state index in [1.807, 2.05) is 12.1 Å². The molecule has 0 amide bonds. The number of piperidine rings is 1. The minimum atomic E-state index is -3.88. The molecule has 3 rings (SSSR count). The van der Waals surface area contributed by atoms with Crippen molar-refractivity contribution in [2.24, 2.45) is 8.80 Å². The third-order valence-electron chi connectivity index (χ3n) is 4.66. The Labute approximate surface area is 171 Å². The Morgan fingerprint density at radius 1 is 1.07 bits per heavy atom. The zero-order valence-corrected chi connectivity index (χ0v) is 17.3. The number of ether oxygens (including phenoxy) is 1. The molecule has 2 N–H and O–H groups in total. The van der Waals surface area contributed by atoms with Crippen molar-refractivity contribution in [1.29, 1.82) is 0 Å². The first-order valence-electron chi connectivity index (χ1n) is 9.99. The maximum atomic E-state index is 12.3. The van der Waals surface area contributed by atoms with Crippen LogP contribution in [0.5, 0.6) is 5.75 Å². The van der Waals surface area contributed by atoms with Crippen LogP contribution in [0.2, 0.25) is 0 Å². The molecule has 10 heteroatoms. The Hall–Kier alpha value is -2.20. The highest BCUT2D eigenvalue weighted by atomic mass is 32.2. The average Bonchev–Trinajstić information content (AvgIpc) is 3.00. The SMILES string of the molecule is O=S1(=O)N=C(NCCF)C(NCCCOc2cccc(CN3CCCCC3)c2)=N1. The van der Waals surface area contributed by atoms with Crippen LogP contribution in [0.15, 0.2) is 33.1 Å². The fraction of sp³-hybridized carbons (Fsp3) is 0.579. The van der Waals surface area contributed by atoms with Crippen LogP contribution in [0.3, 0.4) is 0 Å². The van der Waals surface area contributed by atoms with E-state index in [9.17, 15) is 12.8 Å². The van der Waals surface area contributed by atoms with Crippen molar-refractivity contribution in [3.8, 4) is 5.75 Å². The normalized spacial score (nSPS) is 18.8. The van der Waals surface area contributed by atoms with E-state index < -0.39 is 16.9 Å². The molecule has 2 aliphatic rings. The fourth-order valence-electron chi connectivity index (χ4n) is 3.31. The fourth-order valence-corrected chi connectivity index (χ4v) is 4.12. The van der Waals surface area contributed by atoms with Gasteiger partial charge in [0.2, 0.25) is 0 Å². The predicted octanol–water partition coefficient (Wildman–Crippen LogP) is 1.65. The Kier molecular flexibility index (Phi) is 7.82. The van der Waals surface area contributed by atoms with Gasteiger partial charge in [0, 0.05) is 19.6 Å². The summed E-state index contributed by atoms with van der Waals surface area (Å²) in [5.41, 5.74) is 1.24. The number of amidine groups is 2. The highest BCUT2D eigenvalue weighted by molar-refractivity contribution is 7.89. The molecule has 0 aliphatic carbocycles. The molecule has 0 aromatic heterocycles. The second kappa shape index (κ2) is 10.5. The number of hydrogen-bond donors (Lipinski definition) is 2. The van der Waals surface area contributed by atoms with E-state index >= 15 is 0 Å². The molecule has 1 saturated heterocycles. The molecule has 0 atom stereocenters.